The maximum Gasteiger partial charge on any atom is 0.238 e. The number of carbonyl (C=O) groups is 2. The first-order chi connectivity index (χ1) is 14.0. The Balaban J connectivity index is 1.44. The average Bonchev–Trinajstić information content (AvgIpc) is 3.16. The van der Waals surface area contributed by atoms with Crippen molar-refractivity contribution in [2.75, 3.05) is 11.9 Å². The fourth-order valence-corrected chi connectivity index (χ4v) is 5.42. The van der Waals surface area contributed by atoms with Crippen molar-refractivity contribution in [2.24, 2.45) is 0 Å². The quantitative estimate of drug-likeness (QED) is 0.760. The molecule has 7 heteroatoms. The van der Waals surface area contributed by atoms with Gasteiger partial charge in [-0.1, -0.05) is 31.0 Å². The number of carbonyl (C=O) groups excluding carboxylic acids is 2. The molecular formula is C22H22F2N2O2S. The van der Waals surface area contributed by atoms with Crippen molar-refractivity contribution in [3.8, 4) is 0 Å². The number of rotatable bonds is 5. The lowest BCUT2D eigenvalue weighted by Gasteiger charge is -2.31. The predicted octanol–water partition coefficient (Wildman–Crippen LogP) is 4.40. The van der Waals surface area contributed by atoms with Crippen LogP contribution < -0.4 is 10.6 Å². The number of para-hydroxylation sites is 1. The highest BCUT2D eigenvalue weighted by Crippen LogP contribution is 2.43. The Morgan fingerprint density at radius 3 is 2.52 bits per heavy atom. The molecule has 2 amide bonds. The summed E-state index contributed by atoms with van der Waals surface area (Å²) in [6.45, 7) is 0.166. The van der Waals surface area contributed by atoms with Crippen molar-refractivity contribution in [2.45, 2.75) is 47.7 Å². The van der Waals surface area contributed by atoms with Crippen LogP contribution in [0, 0.1) is 11.6 Å². The zero-order valence-corrected chi connectivity index (χ0v) is 16.7. The molecule has 1 atom stereocenters. The molecule has 2 aromatic carbocycles. The van der Waals surface area contributed by atoms with E-state index < -0.39 is 22.3 Å². The van der Waals surface area contributed by atoms with E-state index in [-0.39, 0.29) is 30.3 Å². The van der Waals surface area contributed by atoms with Gasteiger partial charge in [-0.15, -0.1) is 11.8 Å². The van der Waals surface area contributed by atoms with Gasteiger partial charge >= 0.3 is 0 Å². The molecule has 152 valence electrons. The van der Waals surface area contributed by atoms with Crippen molar-refractivity contribution in [3.63, 3.8) is 0 Å². The highest BCUT2D eigenvalue weighted by molar-refractivity contribution is 8.01. The summed E-state index contributed by atoms with van der Waals surface area (Å²) in [5, 5.41) is 5.13. The van der Waals surface area contributed by atoms with Crippen LogP contribution in [0.15, 0.2) is 47.4 Å². The SMILES string of the molecule is O=C(CC1Sc2ccccc2NC1=O)NCC1(c2c(F)cccc2F)CCCC1. The number of amides is 2. The lowest BCUT2D eigenvalue weighted by molar-refractivity contribution is -0.124. The van der Waals surface area contributed by atoms with E-state index in [0.717, 1.165) is 23.4 Å². The van der Waals surface area contributed by atoms with E-state index in [1.165, 1.54) is 30.0 Å². The zero-order valence-electron chi connectivity index (χ0n) is 15.8. The van der Waals surface area contributed by atoms with Crippen LogP contribution in [-0.2, 0) is 15.0 Å². The molecule has 2 aromatic rings. The van der Waals surface area contributed by atoms with Crippen LogP contribution >= 0.6 is 11.8 Å². The van der Waals surface area contributed by atoms with Crippen molar-refractivity contribution >= 4 is 29.3 Å². The molecule has 1 aliphatic heterocycles. The maximum atomic E-state index is 14.4. The average molecular weight is 416 g/mol. The highest BCUT2D eigenvalue weighted by Gasteiger charge is 2.40. The van der Waals surface area contributed by atoms with Gasteiger partial charge in [0, 0.05) is 28.8 Å². The Morgan fingerprint density at radius 2 is 1.79 bits per heavy atom. The van der Waals surface area contributed by atoms with Crippen molar-refractivity contribution in [1.29, 1.82) is 0 Å². The number of thioether (sulfide) groups is 1. The van der Waals surface area contributed by atoms with Gasteiger partial charge in [0.05, 0.1) is 10.9 Å². The van der Waals surface area contributed by atoms with Crippen LogP contribution in [0.4, 0.5) is 14.5 Å². The van der Waals surface area contributed by atoms with Gasteiger partial charge < -0.3 is 10.6 Å². The minimum atomic E-state index is -0.736. The summed E-state index contributed by atoms with van der Waals surface area (Å²) in [6, 6.07) is 11.3. The Hall–Kier alpha value is -2.41. The molecule has 4 nitrogen and oxygen atoms in total. The number of fused-ring (bicyclic) bond motifs is 1. The molecular weight excluding hydrogens is 394 g/mol. The van der Waals surface area contributed by atoms with Crippen LogP contribution in [0.1, 0.15) is 37.7 Å². The summed E-state index contributed by atoms with van der Waals surface area (Å²) >= 11 is 1.36. The minimum Gasteiger partial charge on any atom is -0.355 e. The van der Waals surface area contributed by atoms with Gasteiger partial charge in [0.25, 0.3) is 0 Å². The first-order valence-electron chi connectivity index (χ1n) is 9.76. The van der Waals surface area contributed by atoms with E-state index >= 15 is 0 Å². The number of halogens is 2. The lowest BCUT2D eigenvalue weighted by Crippen LogP contribution is -2.42. The van der Waals surface area contributed by atoms with Crippen molar-refractivity contribution < 1.29 is 18.4 Å². The van der Waals surface area contributed by atoms with Gasteiger partial charge in [-0.2, -0.15) is 0 Å². The molecule has 0 saturated heterocycles. The standard InChI is InChI=1S/C22H22F2N2O2S/c23-14-6-5-7-15(24)20(14)22(10-3-4-11-22)13-25-19(27)12-18-21(28)26-16-8-1-2-9-17(16)29-18/h1-2,5-9,18H,3-4,10-13H2,(H,25,27)(H,26,28). The summed E-state index contributed by atoms with van der Waals surface area (Å²) in [5.41, 5.74) is 0.0789. The Morgan fingerprint density at radius 1 is 1.10 bits per heavy atom. The Kier molecular flexibility index (Phi) is 5.58. The third-order valence-corrected chi connectivity index (χ3v) is 7.03. The van der Waals surface area contributed by atoms with E-state index in [2.05, 4.69) is 10.6 Å². The van der Waals surface area contributed by atoms with E-state index in [9.17, 15) is 18.4 Å². The Bertz CT molecular complexity index is 924. The van der Waals surface area contributed by atoms with Crippen molar-refractivity contribution in [3.05, 3.63) is 59.7 Å². The molecule has 0 aromatic heterocycles. The smallest absolute Gasteiger partial charge is 0.238 e. The van der Waals surface area contributed by atoms with Gasteiger partial charge in [0.15, 0.2) is 0 Å². The molecule has 1 fully saturated rings. The molecule has 1 saturated carbocycles. The minimum absolute atomic E-state index is 0.0146. The number of hydrogen-bond acceptors (Lipinski definition) is 3. The van der Waals surface area contributed by atoms with Crippen LogP contribution in [-0.4, -0.2) is 23.6 Å². The molecule has 0 bridgehead atoms. The Labute approximate surface area is 172 Å². The predicted molar refractivity (Wildman–Crippen MR) is 109 cm³/mol. The van der Waals surface area contributed by atoms with Gasteiger partial charge in [-0.25, -0.2) is 8.78 Å². The molecule has 2 aliphatic rings. The highest BCUT2D eigenvalue weighted by atomic mass is 32.2. The van der Waals surface area contributed by atoms with E-state index in [4.69, 9.17) is 0 Å². The molecule has 2 N–H and O–H groups in total. The first-order valence-corrected chi connectivity index (χ1v) is 10.6. The fraction of sp³-hybridized carbons (Fsp3) is 0.364. The summed E-state index contributed by atoms with van der Waals surface area (Å²) < 4.78 is 28.9. The second-order valence-corrected chi connectivity index (χ2v) is 8.90. The van der Waals surface area contributed by atoms with Crippen LogP contribution in [0.5, 0.6) is 0 Å². The molecule has 1 aliphatic carbocycles. The van der Waals surface area contributed by atoms with Crippen LogP contribution in [0.2, 0.25) is 0 Å². The summed E-state index contributed by atoms with van der Waals surface area (Å²) in [6.07, 6.45) is 2.98. The van der Waals surface area contributed by atoms with Gasteiger partial charge in [-0.05, 0) is 37.1 Å². The summed E-state index contributed by atoms with van der Waals surface area (Å²) in [5.74, 6) is -1.64. The molecule has 1 heterocycles. The molecule has 0 spiro atoms. The topological polar surface area (TPSA) is 58.2 Å². The second-order valence-electron chi connectivity index (χ2n) is 7.66. The van der Waals surface area contributed by atoms with E-state index in [1.54, 1.807) is 0 Å². The number of nitrogens with one attached hydrogen (secondary N) is 2. The normalized spacial score (nSPS) is 20.1. The number of hydrogen-bond donors (Lipinski definition) is 2. The van der Waals surface area contributed by atoms with Gasteiger partial charge in [0.2, 0.25) is 11.8 Å². The van der Waals surface area contributed by atoms with Crippen LogP contribution in [0.3, 0.4) is 0 Å². The van der Waals surface area contributed by atoms with Gasteiger partial charge in [0.1, 0.15) is 11.6 Å². The van der Waals surface area contributed by atoms with Gasteiger partial charge in [-0.3, -0.25) is 9.59 Å². The third-order valence-electron chi connectivity index (χ3n) is 5.76. The first kappa shape index (κ1) is 19.9. The third kappa shape index (κ3) is 4.01. The summed E-state index contributed by atoms with van der Waals surface area (Å²) in [4.78, 5) is 25.8. The number of anilines is 1. The van der Waals surface area contributed by atoms with Crippen molar-refractivity contribution in [1.82, 2.24) is 5.32 Å². The maximum absolute atomic E-state index is 14.4. The number of benzene rings is 2. The molecule has 4 rings (SSSR count). The lowest BCUT2D eigenvalue weighted by atomic mass is 9.78. The van der Waals surface area contributed by atoms with E-state index in [1.807, 2.05) is 24.3 Å². The second kappa shape index (κ2) is 8.14. The largest absolute Gasteiger partial charge is 0.355 e. The monoisotopic (exact) mass is 416 g/mol. The zero-order chi connectivity index (χ0) is 20.4. The van der Waals surface area contributed by atoms with Crippen LogP contribution in [0.25, 0.3) is 0 Å². The summed E-state index contributed by atoms with van der Waals surface area (Å²) in [7, 11) is 0. The van der Waals surface area contributed by atoms with E-state index in [0.29, 0.717) is 12.8 Å². The molecule has 29 heavy (non-hydrogen) atoms. The molecule has 1 unspecified atom stereocenters. The fourth-order valence-electron chi connectivity index (χ4n) is 4.31. The molecule has 0 radical (unpaired) electrons.